The van der Waals surface area contributed by atoms with Crippen LogP contribution in [0.5, 0.6) is 0 Å². The normalized spacial score (nSPS) is 13.8. The Labute approximate surface area is 234 Å². The van der Waals surface area contributed by atoms with Crippen molar-refractivity contribution < 1.29 is 31.9 Å². The number of rotatable bonds is 8. The fraction of sp³-hybridized carbons (Fsp3) is 0.214. The van der Waals surface area contributed by atoms with Crippen LogP contribution in [0.3, 0.4) is 0 Å². The van der Waals surface area contributed by atoms with Crippen molar-refractivity contribution in [3.8, 4) is 11.3 Å². The minimum atomic E-state index is -2.42. The summed E-state index contributed by atoms with van der Waals surface area (Å²) in [5, 5.41) is 3.26. The molecule has 202 valence electrons. The minimum Gasteiger partial charge on any atom is -0.465 e. The Morgan fingerprint density at radius 1 is 1.18 bits per heavy atom. The van der Waals surface area contributed by atoms with E-state index in [2.05, 4.69) is 21.2 Å². The van der Waals surface area contributed by atoms with Gasteiger partial charge < -0.3 is 14.5 Å². The van der Waals surface area contributed by atoms with Gasteiger partial charge in [-0.05, 0) is 100 Å². The van der Waals surface area contributed by atoms with Gasteiger partial charge in [0.2, 0.25) is 0 Å². The van der Waals surface area contributed by atoms with E-state index in [-0.39, 0.29) is 23.9 Å². The first kappa shape index (κ1) is 27.0. The Kier molecular flexibility index (Phi) is 7.57. The van der Waals surface area contributed by atoms with Gasteiger partial charge in [0, 0.05) is 22.5 Å². The molecule has 1 aliphatic carbocycles. The van der Waals surface area contributed by atoms with Gasteiger partial charge in [-0.2, -0.15) is 0 Å². The molecule has 0 saturated heterocycles. The van der Waals surface area contributed by atoms with Crippen molar-refractivity contribution in [2.45, 2.75) is 25.3 Å². The van der Waals surface area contributed by atoms with Gasteiger partial charge in [0.05, 0.1) is 30.5 Å². The van der Waals surface area contributed by atoms with Gasteiger partial charge in [0.25, 0.3) is 17.2 Å². The van der Waals surface area contributed by atoms with E-state index in [1.165, 1.54) is 36.7 Å². The lowest BCUT2D eigenvalue weighted by Gasteiger charge is -2.22. The van der Waals surface area contributed by atoms with E-state index in [4.69, 9.17) is 9.15 Å². The van der Waals surface area contributed by atoms with Crippen LogP contribution in [-0.2, 0) is 22.5 Å². The molecule has 0 radical (unpaired) electrons. The first-order chi connectivity index (χ1) is 18.7. The standard InChI is InChI=1S/C28H24BrFN2O6S/c1-31-27(33)25-22-13-20(15-3-4-15)17(11-24(22)38-26(25)16-5-7-18(30)8-6-16)14-32(39(35)36)19-9-10-23(29)21(12-19)28(34)37-2/h5-13,15H,3-4,14H2,1-2H3,(H,31,33)(H,35,36). The Bertz CT molecular complexity index is 1620. The summed E-state index contributed by atoms with van der Waals surface area (Å²) >= 11 is 0.893. The molecule has 1 aromatic heterocycles. The third-order valence-electron chi connectivity index (χ3n) is 6.67. The average Bonchev–Trinajstić information content (AvgIpc) is 3.71. The molecule has 11 heteroatoms. The van der Waals surface area contributed by atoms with E-state index in [1.807, 2.05) is 6.07 Å². The highest BCUT2D eigenvalue weighted by atomic mass is 79.9. The van der Waals surface area contributed by atoms with Crippen LogP contribution in [0.15, 0.2) is 63.5 Å². The van der Waals surface area contributed by atoms with Crippen molar-refractivity contribution >= 4 is 55.7 Å². The molecule has 0 bridgehead atoms. The zero-order valence-corrected chi connectivity index (χ0v) is 23.4. The van der Waals surface area contributed by atoms with Crippen molar-refractivity contribution in [3.05, 3.63) is 87.1 Å². The number of carbonyl (C=O) groups excluding carboxylic acids is 2. The number of amides is 1. The van der Waals surface area contributed by atoms with Gasteiger partial charge in [-0.3, -0.25) is 13.7 Å². The molecule has 1 heterocycles. The number of carbonyl (C=O) groups is 2. The molecule has 2 N–H and O–H groups in total. The molecule has 5 rings (SSSR count). The largest absolute Gasteiger partial charge is 0.465 e. The lowest BCUT2D eigenvalue weighted by Crippen LogP contribution is -2.25. The van der Waals surface area contributed by atoms with E-state index in [0.717, 1.165) is 24.0 Å². The number of anilines is 1. The molecule has 8 nitrogen and oxygen atoms in total. The first-order valence-corrected chi connectivity index (χ1v) is 13.9. The van der Waals surface area contributed by atoms with Crippen molar-refractivity contribution in [2.75, 3.05) is 18.5 Å². The third-order valence-corrected chi connectivity index (χ3v) is 8.08. The molecule has 1 aliphatic rings. The number of hydrogen-bond donors (Lipinski definition) is 2. The molecule has 0 aliphatic heterocycles. The predicted octanol–water partition coefficient (Wildman–Crippen LogP) is 6.17. The summed E-state index contributed by atoms with van der Waals surface area (Å²) in [6.45, 7) is 0.0367. The zero-order valence-electron chi connectivity index (χ0n) is 21.0. The molecule has 1 fully saturated rings. The molecular weight excluding hydrogens is 591 g/mol. The van der Waals surface area contributed by atoms with Crippen LogP contribution >= 0.6 is 15.9 Å². The van der Waals surface area contributed by atoms with Crippen molar-refractivity contribution in [3.63, 3.8) is 0 Å². The number of fused-ring (bicyclic) bond motifs is 1. The Hall–Kier alpha value is -3.54. The van der Waals surface area contributed by atoms with Crippen LogP contribution in [0.4, 0.5) is 10.1 Å². The van der Waals surface area contributed by atoms with Crippen molar-refractivity contribution in [1.82, 2.24) is 5.32 Å². The van der Waals surface area contributed by atoms with Crippen LogP contribution in [0.1, 0.15) is 50.6 Å². The summed E-state index contributed by atoms with van der Waals surface area (Å²) in [6, 6.07) is 14.1. The lowest BCUT2D eigenvalue weighted by molar-refractivity contribution is 0.0599. The van der Waals surface area contributed by atoms with Crippen LogP contribution in [-0.4, -0.2) is 34.8 Å². The quantitative estimate of drug-likeness (QED) is 0.181. The highest BCUT2D eigenvalue weighted by molar-refractivity contribution is 9.10. The average molecular weight is 615 g/mol. The monoisotopic (exact) mass is 614 g/mol. The van der Waals surface area contributed by atoms with Gasteiger partial charge in [-0.15, -0.1) is 0 Å². The Morgan fingerprint density at radius 3 is 2.51 bits per heavy atom. The molecular formula is C28H24BrFN2O6S. The van der Waals surface area contributed by atoms with E-state index in [9.17, 15) is 22.7 Å². The summed E-state index contributed by atoms with van der Waals surface area (Å²) in [7, 11) is 2.79. The summed E-state index contributed by atoms with van der Waals surface area (Å²) in [6.07, 6.45) is 1.90. The van der Waals surface area contributed by atoms with Crippen molar-refractivity contribution in [2.24, 2.45) is 0 Å². The fourth-order valence-electron chi connectivity index (χ4n) is 4.59. The maximum Gasteiger partial charge on any atom is 0.339 e. The van der Waals surface area contributed by atoms with Gasteiger partial charge in [0.15, 0.2) is 0 Å². The Morgan fingerprint density at radius 2 is 1.90 bits per heavy atom. The van der Waals surface area contributed by atoms with Crippen LogP contribution in [0.25, 0.3) is 22.3 Å². The molecule has 39 heavy (non-hydrogen) atoms. The number of methoxy groups -OCH3 is 1. The number of benzene rings is 3. The number of ether oxygens (including phenoxy) is 1. The minimum absolute atomic E-state index is 0.0367. The third kappa shape index (κ3) is 5.34. The van der Waals surface area contributed by atoms with Crippen LogP contribution < -0.4 is 9.62 Å². The molecule has 4 aromatic rings. The molecule has 1 saturated carbocycles. The van der Waals surface area contributed by atoms with E-state index >= 15 is 0 Å². The maximum absolute atomic E-state index is 13.6. The summed E-state index contributed by atoms with van der Waals surface area (Å²) in [4.78, 5) is 25.2. The lowest BCUT2D eigenvalue weighted by atomic mass is 9.97. The molecule has 0 spiro atoms. The number of furan rings is 1. The highest BCUT2D eigenvalue weighted by Crippen LogP contribution is 2.45. The number of hydrogen-bond acceptors (Lipinski definition) is 5. The number of nitrogens with zero attached hydrogens (tertiary/aromatic N) is 1. The van der Waals surface area contributed by atoms with E-state index < -0.39 is 23.1 Å². The van der Waals surface area contributed by atoms with Gasteiger partial charge >= 0.3 is 5.97 Å². The zero-order chi connectivity index (χ0) is 27.8. The summed E-state index contributed by atoms with van der Waals surface area (Å²) < 4.78 is 49.1. The topological polar surface area (TPSA) is 109 Å². The smallest absolute Gasteiger partial charge is 0.339 e. The predicted molar refractivity (Wildman–Crippen MR) is 149 cm³/mol. The molecule has 3 aromatic carbocycles. The second-order valence-corrected chi connectivity index (χ2v) is 10.9. The summed E-state index contributed by atoms with van der Waals surface area (Å²) in [5.41, 5.74) is 3.56. The second-order valence-electron chi connectivity index (χ2n) is 9.14. The fourth-order valence-corrected chi connectivity index (χ4v) is 5.55. The van der Waals surface area contributed by atoms with Gasteiger partial charge in [-0.25, -0.2) is 13.4 Å². The first-order valence-electron chi connectivity index (χ1n) is 12.1. The summed E-state index contributed by atoms with van der Waals surface area (Å²) in [5.74, 6) is -0.795. The Balaban J connectivity index is 1.64. The van der Waals surface area contributed by atoms with Crippen LogP contribution in [0, 0.1) is 5.82 Å². The van der Waals surface area contributed by atoms with E-state index in [1.54, 1.807) is 30.3 Å². The highest BCUT2D eigenvalue weighted by Gasteiger charge is 2.31. The second kappa shape index (κ2) is 10.9. The maximum atomic E-state index is 13.6. The SMILES string of the molecule is CNC(=O)c1c(-c2ccc(F)cc2)oc2cc(CN(c3ccc(Br)c(C(=O)OC)c3)S(=O)O)c(C3CC3)cc12. The van der Waals surface area contributed by atoms with E-state index in [0.29, 0.717) is 38.0 Å². The van der Waals surface area contributed by atoms with Crippen molar-refractivity contribution in [1.29, 1.82) is 0 Å². The van der Waals surface area contributed by atoms with Crippen LogP contribution in [0.2, 0.25) is 0 Å². The number of halogens is 2. The van der Waals surface area contributed by atoms with Gasteiger partial charge in [-0.1, -0.05) is 0 Å². The number of esters is 1. The molecule has 1 atom stereocenters. The molecule has 1 unspecified atom stereocenters. The molecule has 1 amide bonds. The van der Waals surface area contributed by atoms with Gasteiger partial charge in [0.1, 0.15) is 17.2 Å². The number of nitrogens with one attached hydrogen (secondary N) is 1.